The highest BCUT2D eigenvalue weighted by Gasteiger charge is 2.11. The van der Waals surface area contributed by atoms with E-state index in [4.69, 9.17) is 5.84 Å². The Balaban J connectivity index is 3.14. The van der Waals surface area contributed by atoms with E-state index in [1.54, 1.807) is 12.1 Å². The number of hydrazine groups is 1. The lowest BCUT2D eigenvalue weighted by Gasteiger charge is -2.08. The van der Waals surface area contributed by atoms with Crippen molar-refractivity contribution >= 4 is 11.7 Å². The summed E-state index contributed by atoms with van der Waals surface area (Å²) >= 11 is 0. The van der Waals surface area contributed by atoms with Gasteiger partial charge in [0.05, 0.1) is 18.4 Å². The fraction of sp³-hybridized carbons (Fsp3) is 0.300. The molecule has 3 N–H and O–H groups in total. The van der Waals surface area contributed by atoms with E-state index in [-0.39, 0.29) is 5.97 Å². The molecule has 1 aromatic carbocycles. The maximum absolute atomic E-state index is 11.3. The van der Waals surface area contributed by atoms with E-state index < -0.39 is 0 Å². The van der Waals surface area contributed by atoms with Gasteiger partial charge in [0.2, 0.25) is 0 Å². The minimum Gasteiger partial charge on any atom is -0.465 e. The van der Waals surface area contributed by atoms with Crippen molar-refractivity contribution in [2.45, 2.75) is 13.3 Å². The van der Waals surface area contributed by atoms with Crippen molar-refractivity contribution in [3.05, 3.63) is 29.3 Å². The summed E-state index contributed by atoms with van der Waals surface area (Å²) in [7, 11) is 1.35. The monoisotopic (exact) mass is 194 g/mol. The predicted octanol–water partition coefficient (Wildman–Crippen LogP) is 1.32. The molecule has 0 fully saturated rings. The maximum atomic E-state index is 11.3. The van der Waals surface area contributed by atoms with Crippen molar-refractivity contribution in [2.24, 2.45) is 5.84 Å². The summed E-state index contributed by atoms with van der Waals surface area (Å²) in [4.78, 5) is 11.3. The number of methoxy groups -OCH3 is 1. The smallest absolute Gasteiger partial charge is 0.340 e. The standard InChI is InChI=1S/C10H14N2O2/c1-3-7-4-5-9(12-11)8(6-7)10(13)14-2/h4-6,12H,3,11H2,1-2H3. The molecule has 0 spiro atoms. The van der Waals surface area contributed by atoms with Gasteiger partial charge in [0, 0.05) is 0 Å². The van der Waals surface area contributed by atoms with Crippen molar-refractivity contribution in [2.75, 3.05) is 12.5 Å². The van der Waals surface area contributed by atoms with E-state index in [0.29, 0.717) is 11.3 Å². The third kappa shape index (κ3) is 2.03. The minimum absolute atomic E-state index is 0.381. The topological polar surface area (TPSA) is 64.3 Å². The number of aryl methyl sites for hydroxylation is 1. The highest BCUT2D eigenvalue weighted by Crippen LogP contribution is 2.17. The Morgan fingerprint density at radius 3 is 2.79 bits per heavy atom. The molecule has 0 radical (unpaired) electrons. The molecule has 0 aromatic heterocycles. The average molecular weight is 194 g/mol. The molecule has 0 aliphatic rings. The number of carbonyl (C=O) groups is 1. The fourth-order valence-electron chi connectivity index (χ4n) is 1.22. The van der Waals surface area contributed by atoms with Crippen LogP contribution < -0.4 is 11.3 Å². The Labute approximate surface area is 83.0 Å². The second kappa shape index (κ2) is 4.62. The van der Waals surface area contributed by atoms with Crippen LogP contribution in [-0.4, -0.2) is 13.1 Å². The van der Waals surface area contributed by atoms with Crippen LogP contribution in [0, 0.1) is 0 Å². The summed E-state index contributed by atoms with van der Waals surface area (Å²) < 4.78 is 4.64. The molecule has 1 rings (SSSR count). The zero-order valence-electron chi connectivity index (χ0n) is 8.33. The van der Waals surface area contributed by atoms with Gasteiger partial charge in [-0.05, 0) is 24.1 Å². The van der Waals surface area contributed by atoms with Gasteiger partial charge in [-0.2, -0.15) is 0 Å². The van der Waals surface area contributed by atoms with Gasteiger partial charge >= 0.3 is 5.97 Å². The normalized spacial score (nSPS) is 9.64. The molecule has 76 valence electrons. The van der Waals surface area contributed by atoms with Crippen LogP contribution in [0.25, 0.3) is 0 Å². The maximum Gasteiger partial charge on any atom is 0.340 e. The summed E-state index contributed by atoms with van der Waals surface area (Å²) in [6, 6.07) is 5.47. The molecule has 0 amide bonds. The Morgan fingerprint density at radius 1 is 1.57 bits per heavy atom. The molecule has 0 aliphatic carbocycles. The van der Waals surface area contributed by atoms with E-state index in [1.807, 2.05) is 13.0 Å². The summed E-state index contributed by atoms with van der Waals surface area (Å²) in [5.41, 5.74) is 4.58. The van der Waals surface area contributed by atoms with Crippen LogP contribution in [0.1, 0.15) is 22.8 Å². The number of benzene rings is 1. The molecule has 4 nitrogen and oxygen atoms in total. The van der Waals surface area contributed by atoms with Gasteiger partial charge in [-0.1, -0.05) is 13.0 Å². The molecular formula is C10H14N2O2. The number of nitrogens with one attached hydrogen (secondary N) is 1. The van der Waals surface area contributed by atoms with Crippen LogP contribution in [-0.2, 0) is 11.2 Å². The first-order valence-corrected chi connectivity index (χ1v) is 4.40. The van der Waals surface area contributed by atoms with Gasteiger partial charge in [-0.3, -0.25) is 5.84 Å². The number of anilines is 1. The van der Waals surface area contributed by atoms with Crippen LogP contribution >= 0.6 is 0 Å². The lowest BCUT2D eigenvalue weighted by molar-refractivity contribution is 0.0601. The third-order valence-electron chi connectivity index (χ3n) is 2.05. The van der Waals surface area contributed by atoms with Crippen LogP contribution in [0.15, 0.2) is 18.2 Å². The van der Waals surface area contributed by atoms with Crippen molar-refractivity contribution in [3.8, 4) is 0 Å². The number of carbonyl (C=O) groups excluding carboxylic acids is 1. The molecule has 0 aliphatic heterocycles. The Bertz CT molecular complexity index is 337. The lowest BCUT2D eigenvalue weighted by Crippen LogP contribution is -2.13. The number of rotatable bonds is 3. The van der Waals surface area contributed by atoms with Gasteiger partial charge in [-0.25, -0.2) is 4.79 Å². The molecule has 0 atom stereocenters. The molecule has 1 aromatic rings. The molecule has 0 bridgehead atoms. The first-order valence-electron chi connectivity index (χ1n) is 4.40. The number of esters is 1. The SMILES string of the molecule is CCc1ccc(NN)c(C(=O)OC)c1. The molecular weight excluding hydrogens is 180 g/mol. The molecule has 0 unspecified atom stereocenters. The fourth-order valence-corrected chi connectivity index (χ4v) is 1.22. The molecule has 0 saturated carbocycles. The first kappa shape index (κ1) is 10.5. The van der Waals surface area contributed by atoms with E-state index in [2.05, 4.69) is 10.2 Å². The predicted molar refractivity (Wildman–Crippen MR) is 55.0 cm³/mol. The van der Waals surface area contributed by atoms with Crippen LogP contribution in [0.3, 0.4) is 0 Å². The van der Waals surface area contributed by atoms with Gasteiger partial charge in [0.1, 0.15) is 0 Å². The summed E-state index contributed by atoms with van der Waals surface area (Å²) in [5, 5.41) is 0. The number of nitrogens with two attached hydrogens (primary N) is 1. The first-order chi connectivity index (χ1) is 6.72. The van der Waals surface area contributed by atoms with Crippen molar-refractivity contribution in [1.82, 2.24) is 0 Å². The largest absolute Gasteiger partial charge is 0.465 e. The number of nitrogen functional groups attached to an aromatic ring is 1. The zero-order valence-corrected chi connectivity index (χ0v) is 8.33. The molecule has 0 heterocycles. The summed E-state index contributed by atoms with van der Waals surface area (Å²) in [6.07, 6.45) is 0.870. The van der Waals surface area contributed by atoms with Crippen LogP contribution in [0.4, 0.5) is 5.69 Å². The average Bonchev–Trinajstić information content (AvgIpc) is 2.27. The van der Waals surface area contributed by atoms with Gasteiger partial charge < -0.3 is 10.2 Å². The highest BCUT2D eigenvalue weighted by molar-refractivity contribution is 5.95. The quantitative estimate of drug-likeness (QED) is 0.432. The van der Waals surface area contributed by atoms with E-state index in [1.165, 1.54) is 7.11 Å². The minimum atomic E-state index is -0.381. The van der Waals surface area contributed by atoms with Gasteiger partial charge in [0.15, 0.2) is 0 Å². The molecule has 4 heteroatoms. The Hall–Kier alpha value is -1.55. The summed E-state index contributed by atoms with van der Waals surface area (Å²) in [6.45, 7) is 2.02. The Morgan fingerprint density at radius 2 is 2.29 bits per heavy atom. The third-order valence-corrected chi connectivity index (χ3v) is 2.05. The number of ether oxygens (including phenoxy) is 1. The molecule has 14 heavy (non-hydrogen) atoms. The van der Waals surface area contributed by atoms with Crippen molar-refractivity contribution in [3.63, 3.8) is 0 Å². The number of hydrogen-bond acceptors (Lipinski definition) is 4. The van der Waals surface area contributed by atoms with E-state index in [0.717, 1.165) is 12.0 Å². The van der Waals surface area contributed by atoms with E-state index >= 15 is 0 Å². The highest BCUT2D eigenvalue weighted by atomic mass is 16.5. The second-order valence-corrected chi connectivity index (χ2v) is 2.87. The van der Waals surface area contributed by atoms with E-state index in [9.17, 15) is 4.79 Å². The number of hydrogen-bond donors (Lipinski definition) is 2. The second-order valence-electron chi connectivity index (χ2n) is 2.87. The van der Waals surface area contributed by atoms with Crippen LogP contribution in [0.5, 0.6) is 0 Å². The van der Waals surface area contributed by atoms with Crippen LogP contribution in [0.2, 0.25) is 0 Å². The van der Waals surface area contributed by atoms with Crippen molar-refractivity contribution < 1.29 is 9.53 Å². The van der Waals surface area contributed by atoms with Gasteiger partial charge in [-0.15, -0.1) is 0 Å². The van der Waals surface area contributed by atoms with Crippen molar-refractivity contribution in [1.29, 1.82) is 0 Å². The van der Waals surface area contributed by atoms with Gasteiger partial charge in [0.25, 0.3) is 0 Å². The Kier molecular flexibility index (Phi) is 3.48. The zero-order chi connectivity index (χ0) is 10.6. The molecule has 0 saturated heterocycles. The lowest BCUT2D eigenvalue weighted by atomic mass is 10.1. The summed E-state index contributed by atoms with van der Waals surface area (Å²) in [5.74, 6) is 4.90.